The first kappa shape index (κ1) is 25.3. The van der Waals surface area contributed by atoms with Gasteiger partial charge in [-0.05, 0) is 80.8 Å². The van der Waals surface area contributed by atoms with Crippen LogP contribution in [-0.4, -0.2) is 50.3 Å². The third-order valence-electron chi connectivity index (χ3n) is 6.87. The lowest BCUT2D eigenvalue weighted by Crippen LogP contribution is -2.50. The molecule has 2 aliphatic heterocycles. The van der Waals surface area contributed by atoms with Gasteiger partial charge in [0.05, 0.1) is 14.9 Å². The van der Waals surface area contributed by atoms with Crippen molar-refractivity contribution < 1.29 is 13.2 Å². The highest BCUT2D eigenvalue weighted by Crippen LogP contribution is 2.40. The molecule has 2 fully saturated rings. The van der Waals surface area contributed by atoms with Crippen LogP contribution in [0.5, 0.6) is 0 Å². The molecular formula is C25H31Cl2N3O3S. The molecule has 0 aliphatic carbocycles. The van der Waals surface area contributed by atoms with Crippen molar-refractivity contribution >= 4 is 44.8 Å². The van der Waals surface area contributed by atoms with Crippen molar-refractivity contribution in [1.82, 2.24) is 10.2 Å². The standard InChI is InChI=1S/C25H31Cl2N3O3S/c1-16(28-25(31)29-19-4-3-5-22(14-19)34(2,32)33)15-30-20-7-8-21(30)12-18(11-20)10-17-6-9-23(26)24(27)13-17/h3-6,9,13-14,16,18,20-21H,7-8,10-12,15H2,1-2H3,(H2,28,29,31)/t16-,18?,20-,21+/m1/s1. The predicted octanol–water partition coefficient (Wildman–Crippen LogP) is 5.39. The number of piperidine rings is 1. The average Bonchev–Trinajstić information content (AvgIpc) is 2.98. The summed E-state index contributed by atoms with van der Waals surface area (Å²) in [6, 6.07) is 12.9. The molecule has 2 N–H and O–H groups in total. The number of anilines is 1. The van der Waals surface area contributed by atoms with E-state index in [1.807, 2.05) is 19.1 Å². The van der Waals surface area contributed by atoms with Crippen molar-refractivity contribution in [3.05, 3.63) is 58.1 Å². The second-order valence-electron chi connectivity index (χ2n) is 9.67. The number of fused-ring (bicyclic) bond motifs is 2. The van der Waals surface area contributed by atoms with Gasteiger partial charge in [0.25, 0.3) is 0 Å². The predicted molar refractivity (Wildman–Crippen MR) is 138 cm³/mol. The first-order chi connectivity index (χ1) is 16.1. The maximum absolute atomic E-state index is 12.5. The van der Waals surface area contributed by atoms with E-state index in [9.17, 15) is 13.2 Å². The summed E-state index contributed by atoms with van der Waals surface area (Å²) in [5.41, 5.74) is 1.69. The Kier molecular flexibility index (Phi) is 7.77. The van der Waals surface area contributed by atoms with Crippen LogP contribution in [0, 0.1) is 5.92 Å². The van der Waals surface area contributed by atoms with E-state index in [4.69, 9.17) is 23.2 Å². The number of hydrogen-bond donors (Lipinski definition) is 2. The fourth-order valence-corrected chi connectivity index (χ4v) is 6.40. The number of carbonyl (C=O) groups is 1. The molecule has 2 bridgehead atoms. The van der Waals surface area contributed by atoms with Gasteiger partial charge in [0.2, 0.25) is 0 Å². The molecule has 34 heavy (non-hydrogen) atoms. The van der Waals surface area contributed by atoms with Crippen molar-refractivity contribution in [3.8, 4) is 0 Å². The maximum Gasteiger partial charge on any atom is 0.319 e. The van der Waals surface area contributed by atoms with Gasteiger partial charge in [0, 0.05) is 36.6 Å². The Morgan fingerprint density at radius 2 is 1.79 bits per heavy atom. The molecule has 2 aromatic carbocycles. The highest BCUT2D eigenvalue weighted by Gasteiger charge is 2.40. The number of urea groups is 1. The Labute approximate surface area is 211 Å². The van der Waals surface area contributed by atoms with Crippen LogP contribution in [0.2, 0.25) is 10.0 Å². The zero-order valence-electron chi connectivity index (χ0n) is 19.4. The van der Waals surface area contributed by atoms with Crippen molar-refractivity contribution in [1.29, 1.82) is 0 Å². The number of rotatable bonds is 7. The highest BCUT2D eigenvalue weighted by molar-refractivity contribution is 7.90. The Balaban J connectivity index is 1.29. The van der Waals surface area contributed by atoms with E-state index in [1.54, 1.807) is 12.1 Å². The van der Waals surface area contributed by atoms with Crippen LogP contribution in [0.4, 0.5) is 10.5 Å². The molecule has 4 atom stereocenters. The Hall–Kier alpha value is -1.80. The first-order valence-corrected chi connectivity index (χ1v) is 14.3. The van der Waals surface area contributed by atoms with Crippen LogP contribution < -0.4 is 10.6 Å². The van der Waals surface area contributed by atoms with E-state index in [1.165, 1.54) is 30.5 Å². The molecular weight excluding hydrogens is 493 g/mol. The van der Waals surface area contributed by atoms with Crippen LogP contribution in [0.15, 0.2) is 47.4 Å². The SMILES string of the molecule is C[C@H](CN1[C@@H]2CC[C@H]1CC(Cc1ccc(Cl)c(Cl)c1)C2)NC(=O)Nc1cccc(S(C)(=O)=O)c1. The number of sulfone groups is 1. The Morgan fingerprint density at radius 3 is 2.44 bits per heavy atom. The molecule has 0 radical (unpaired) electrons. The van der Waals surface area contributed by atoms with Crippen LogP contribution in [0.25, 0.3) is 0 Å². The fourth-order valence-electron chi connectivity index (χ4n) is 5.41. The number of nitrogens with zero attached hydrogens (tertiary/aromatic N) is 1. The zero-order valence-corrected chi connectivity index (χ0v) is 21.8. The molecule has 0 spiro atoms. The molecule has 0 aromatic heterocycles. The largest absolute Gasteiger partial charge is 0.334 e. The topological polar surface area (TPSA) is 78.5 Å². The van der Waals surface area contributed by atoms with Crippen molar-refractivity contribution in [2.24, 2.45) is 5.92 Å². The lowest BCUT2D eigenvalue weighted by Gasteiger charge is -2.40. The Morgan fingerprint density at radius 1 is 1.09 bits per heavy atom. The molecule has 1 unspecified atom stereocenters. The second-order valence-corrected chi connectivity index (χ2v) is 12.5. The lowest BCUT2D eigenvalue weighted by atomic mass is 9.85. The third kappa shape index (κ3) is 6.25. The minimum absolute atomic E-state index is 0.0344. The summed E-state index contributed by atoms with van der Waals surface area (Å²) in [5.74, 6) is 0.625. The maximum atomic E-state index is 12.5. The average molecular weight is 525 g/mol. The number of carbonyl (C=O) groups excluding carboxylic acids is 1. The summed E-state index contributed by atoms with van der Waals surface area (Å²) >= 11 is 12.3. The normalized spacial score (nSPS) is 23.5. The minimum atomic E-state index is -3.33. The van der Waals surface area contributed by atoms with Gasteiger partial charge in [-0.15, -0.1) is 0 Å². The summed E-state index contributed by atoms with van der Waals surface area (Å²) < 4.78 is 23.5. The highest BCUT2D eigenvalue weighted by atomic mass is 35.5. The fraction of sp³-hybridized carbons (Fsp3) is 0.480. The van der Waals surface area contributed by atoms with Crippen molar-refractivity contribution in [2.45, 2.75) is 62.0 Å². The summed E-state index contributed by atoms with van der Waals surface area (Å²) in [6.45, 7) is 2.80. The number of nitrogens with one attached hydrogen (secondary N) is 2. The zero-order chi connectivity index (χ0) is 24.5. The van der Waals surface area contributed by atoms with Gasteiger partial charge in [-0.2, -0.15) is 0 Å². The van der Waals surface area contributed by atoms with Gasteiger partial charge in [-0.25, -0.2) is 13.2 Å². The lowest BCUT2D eigenvalue weighted by molar-refractivity contribution is 0.0955. The van der Waals surface area contributed by atoms with Gasteiger partial charge in [0.1, 0.15) is 0 Å². The summed E-state index contributed by atoms with van der Waals surface area (Å²) in [5, 5.41) is 6.95. The van der Waals surface area contributed by atoms with Gasteiger partial charge in [-0.3, -0.25) is 4.90 Å². The van der Waals surface area contributed by atoms with Crippen LogP contribution in [0.3, 0.4) is 0 Å². The van der Waals surface area contributed by atoms with Crippen molar-refractivity contribution in [2.75, 3.05) is 18.1 Å². The number of hydrogen-bond acceptors (Lipinski definition) is 4. The third-order valence-corrected chi connectivity index (χ3v) is 8.72. The van der Waals surface area contributed by atoms with E-state index in [0.29, 0.717) is 33.7 Å². The molecule has 184 valence electrons. The molecule has 2 heterocycles. The smallest absolute Gasteiger partial charge is 0.319 e. The monoisotopic (exact) mass is 523 g/mol. The van der Waals surface area contributed by atoms with Gasteiger partial charge < -0.3 is 10.6 Å². The van der Waals surface area contributed by atoms with Crippen LogP contribution in [-0.2, 0) is 16.3 Å². The van der Waals surface area contributed by atoms with Crippen LogP contribution >= 0.6 is 23.2 Å². The molecule has 2 aliphatic rings. The molecule has 2 amide bonds. The minimum Gasteiger partial charge on any atom is -0.334 e. The molecule has 4 rings (SSSR count). The molecule has 6 nitrogen and oxygen atoms in total. The van der Waals surface area contributed by atoms with E-state index >= 15 is 0 Å². The number of halogens is 2. The van der Waals surface area contributed by atoms with Gasteiger partial charge in [-0.1, -0.05) is 35.3 Å². The second kappa shape index (κ2) is 10.4. The van der Waals surface area contributed by atoms with E-state index in [0.717, 1.165) is 32.1 Å². The van der Waals surface area contributed by atoms with Gasteiger partial charge in [0.15, 0.2) is 9.84 Å². The van der Waals surface area contributed by atoms with Crippen LogP contribution in [0.1, 0.15) is 38.2 Å². The molecule has 9 heteroatoms. The summed E-state index contributed by atoms with van der Waals surface area (Å²) in [7, 11) is -3.33. The number of benzene rings is 2. The molecule has 2 saturated heterocycles. The quantitative estimate of drug-likeness (QED) is 0.509. The number of amides is 2. The van der Waals surface area contributed by atoms with Crippen molar-refractivity contribution in [3.63, 3.8) is 0 Å². The van der Waals surface area contributed by atoms with E-state index in [2.05, 4.69) is 21.6 Å². The molecule has 2 aromatic rings. The summed E-state index contributed by atoms with van der Waals surface area (Å²) in [4.78, 5) is 15.2. The molecule has 0 saturated carbocycles. The van der Waals surface area contributed by atoms with E-state index in [-0.39, 0.29) is 17.0 Å². The first-order valence-electron chi connectivity index (χ1n) is 11.7. The van der Waals surface area contributed by atoms with Gasteiger partial charge >= 0.3 is 6.03 Å². The van der Waals surface area contributed by atoms with E-state index < -0.39 is 9.84 Å². The Bertz CT molecular complexity index is 1140. The summed E-state index contributed by atoms with van der Waals surface area (Å²) in [6.07, 6.45) is 6.85.